The van der Waals surface area contributed by atoms with Crippen LogP contribution >= 0.6 is 15.9 Å². The molecule has 0 saturated carbocycles. The summed E-state index contributed by atoms with van der Waals surface area (Å²) in [4.78, 5) is 4.54. The summed E-state index contributed by atoms with van der Waals surface area (Å²) in [5.74, 6) is 0.691. The largest absolute Gasteiger partial charge is 0.387 e. The van der Waals surface area contributed by atoms with Crippen LogP contribution < -0.4 is 5.32 Å². The lowest BCUT2D eigenvalue weighted by atomic mass is 10.1. The highest BCUT2D eigenvalue weighted by atomic mass is 79.9. The molecule has 3 nitrogen and oxygen atoms in total. The Morgan fingerprint density at radius 2 is 1.95 bits per heavy atom. The van der Waals surface area contributed by atoms with E-state index < -0.39 is 0 Å². The minimum absolute atomic E-state index is 0.222. The Morgan fingerprint density at radius 3 is 2.65 bits per heavy atom. The number of halogens is 2. The monoisotopic (exact) mass is 333 g/mol. The summed E-state index contributed by atoms with van der Waals surface area (Å²) in [5, 5.41) is 3.11. The summed E-state index contributed by atoms with van der Waals surface area (Å²) in [6.45, 7) is 0. The lowest BCUT2D eigenvalue weighted by molar-refractivity contribution is 0.627. The number of pyridine rings is 1. The Bertz CT molecular complexity index is 750. The Balaban J connectivity index is 2.04. The van der Waals surface area contributed by atoms with Gasteiger partial charge < -0.3 is 9.72 Å². The summed E-state index contributed by atoms with van der Waals surface area (Å²) in [6.07, 6.45) is 2.66. The van der Waals surface area contributed by atoms with Crippen LogP contribution in [0.5, 0.6) is 0 Å². The van der Waals surface area contributed by atoms with Crippen LogP contribution in [-0.2, 0) is 6.42 Å². The van der Waals surface area contributed by atoms with Gasteiger partial charge in [-0.1, -0.05) is 12.1 Å². The normalized spacial score (nSPS) is 10.9. The molecule has 0 spiro atoms. The van der Waals surface area contributed by atoms with E-state index in [-0.39, 0.29) is 5.82 Å². The first kappa shape index (κ1) is 13.1. The molecule has 1 N–H and O–H groups in total. The molecule has 3 rings (SSSR count). The Labute approximate surface area is 124 Å². The lowest BCUT2D eigenvalue weighted by Crippen LogP contribution is -1.98. The zero-order chi connectivity index (χ0) is 14.1. The van der Waals surface area contributed by atoms with Gasteiger partial charge in [-0.25, -0.2) is 9.37 Å². The summed E-state index contributed by atoms with van der Waals surface area (Å²) < 4.78 is 15.8. The van der Waals surface area contributed by atoms with Crippen molar-refractivity contribution in [2.45, 2.75) is 6.42 Å². The molecule has 0 amide bonds. The third kappa shape index (κ3) is 2.41. The van der Waals surface area contributed by atoms with Gasteiger partial charge in [0.15, 0.2) is 0 Å². The van der Waals surface area contributed by atoms with Crippen LogP contribution in [0.1, 0.15) is 11.4 Å². The van der Waals surface area contributed by atoms with Crippen LogP contribution in [0.4, 0.5) is 10.1 Å². The molecule has 5 heteroatoms. The number of benzene rings is 1. The van der Waals surface area contributed by atoms with Gasteiger partial charge >= 0.3 is 0 Å². The van der Waals surface area contributed by atoms with Crippen molar-refractivity contribution >= 4 is 27.1 Å². The van der Waals surface area contributed by atoms with Crippen LogP contribution in [0.2, 0.25) is 0 Å². The van der Waals surface area contributed by atoms with Crippen molar-refractivity contribution in [1.29, 1.82) is 0 Å². The topological polar surface area (TPSA) is 29.3 Å². The molecule has 0 unspecified atom stereocenters. The van der Waals surface area contributed by atoms with E-state index in [4.69, 9.17) is 0 Å². The first-order chi connectivity index (χ1) is 9.67. The number of nitrogens with one attached hydrogen (secondary N) is 1. The van der Waals surface area contributed by atoms with Gasteiger partial charge in [0.05, 0.1) is 11.2 Å². The van der Waals surface area contributed by atoms with Crippen molar-refractivity contribution < 1.29 is 4.39 Å². The quantitative estimate of drug-likeness (QED) is 0.788. The van der Waals surface area contributed by atoms with Crippen molar-refractivity contribution in [3.8, 4) is 0 Å². The van der Waals surface area contributed by atoms with Crippen LogP contribution in [0, 0.1) is 5.82 Å². The van der Waals surface area contributed by atoms with Gasteiger partial charge in [0, 0.05) is 19.7 Å². The number of anilines is 1. The fourth-order valence-electron chi connectivity index (χ4n) is 2.16. The minimum Gasteiger partial charge on any atom is -0.387 e. The van der Waals surface area contributed by atoms with E-state index in [1.807, 2.05) is 29.8 Å². The fraction of sp³-hybridized carbons (Fsp3) is 0.133. The predicted octanol–water partition coefficient (Wildman–Crippen LogP) is 3.87. The van der Waals surface area contributed by atoms with Gasteiger partial charge in [-0.3, -0.25) is 0 Å². The second kappa shape index (κ2) is 5.25. The third-order valence-corrected chi connectivity index (χ3v) is 3.81. The highest BCUT2D eigenvalue weighted by molar-refractivity contribution is 9.10. The highest BCUT2D eigenvalue weighted by Crippen LogP contribution is 2.23. The molecule has 0 atom stereocenters. The van der Waals surface area contributed by atoms with Crippen LogP contribution in [-0.4, -0.2) is 16.4 Å². The SMILES string of the molecule is CNc1ccc2c(Br)nc(Cc3ccc(F)cc3)n2c1. The van der Waals surface area contributed by atoms with Crippen LogP contribution in [0.25, 0.3) is 5.52 Å². The maximum Gasteiger partial charge on any atom is 0.132 e. The van der Waals surface area contributed by atoms with Crippen molar-refractivity contribution in [3.63, 3.8) is 0 Å². The van der Waals surface area contributed by atoms with Crippen molar-refractivity contribution in [1.82, 2.24) is 9.38 Å². The fourth-order valence-corrected chi connectivity index (χ4v) is 2.69. The number of nitrogens with zero attached hydrogens (tertiary/aromatic N) is 2. The van der Waals surface area contributed by atoms with Crippen LogP contribution in [0.3, 0.4) is 0 Å². The molecule has 1 aromatic carbocycles. The number of hydrogen-bond acceptors (Lipinski definition) is 2. The van der Waals surface area contributed by atoms with Gasteiger partial charge in [0.25, 0.3) is 0 Å². The first-order valence-corrected chi connectivity index (χ1v) is 7.05. The summed E-state index contributed by atoms with van der Waals surface area (Å²) >= 11 is 3.48. The summed E-state index contributed by atoms with van der Waals surface area (Å²) in [7, 11) is 1.88. The van der Waals surface area contributed by atoms with Crippen molar-refractivity contribution in [3.05, 3.63) is 64.4 Å². The average Bonchev–Trinajstić information content (AvgIpc) is 2.77. The van der Waals surface area contributed by atoms with E-state index in [1.54, 1.807) is 12.1 Å². The molecule has 0 aliphatic carbocycles. The zero-order valence-corrected chi connectivity index (χ0v) is 12.5. The van der Waals surface area contributed by atoms with E-state index in [0.717, 1.165) is 27.2 Å². The molecule has 0 bridgehead atoms. The second-order valence-corrected chi connectivity index (χ2v) is 5.30. The molecule has 0 aliphatic rings. The lowest BCUT2D eigenvalue weighted by Gasteiger charge is -2.05. The molecule has 102 valence electrons. The third-order valence-electron chi connectivity index (χ3n) is 3.23. The predicted molar refractivity (Wildman–Crippen MR) is 81.6 cm³/mol. The Hall–Kier alpha value is -1.88. The molecule has 3 aromatic rings. The minimum atomic E-state index is -0.222. The zero-order valence-electron chi connectivity index (χ0n) is 10.9. The molecular weight excluding hydrogens is 321 g/mol. The Kier molecular flexibility index (Phi) is 3.44. The molecule has 0 aliphatic heterocycles. The number of rotatable bonds is 3. The van der Waals surface area contributed by atoms with Gasteiger partial charge in [-0.15, -0.1) is 0 Å². The number of fused-ring (bicyclic) bond motifs is 1. The van der Waals surface area contributed by atoms with E-state index >= 15 is 0 Å². The molecule has 2 heterocycles. The van der Waals surface area contributed by atoms with Crippen molar-refractivity contribution in [2.24, 2.45) is 0 Å². The first-order valence-electron chi connectivity index (χ1n) is 6.26. The summed E-state index contributed by atoms with van der Waals surface area (Å²) in [6, 6.07) is 10.5. The number of aromatic nitrogens is 2. The molecule has 0 fully saturated rings. The maximum atomic E-state index is 12.9. The smallest absolute Gasteiger partial charge is 0.132 e. The van der Waals surface area contributed by atoms with Gasteiger partial charge in [0.1, 0.15) is 16.2 Å². The van der Waals surface area contributed by atoms with E-state index in [2.05, 4.69) is 26.2 Å². The number of imidazole rings is 1. The standard InChI is InChI=1S/C15H13BrFN3/c1-18-12-6-7-13-15(16)19-14(20(13)9-12)8-10-2-4-11(17)5-3-10/h2-7,9,18H,8H2,1H3. The molecule has 2 aromatic heterocycles. The van der Waals surface area contributed by atoms with Crippen LogP contribution in [0.15, 0.2) is 47.2 Å². The summed E-state index contributed by atoms with van der Waals surface area (Å²) in [5.41, 5.74) is 3.06. The maximum absolute atomic E-state index is 12.9. The highest BCUT2D eigenvalue weighted by Gasteiger charge is 2.10. The molecule has 0 radical (unpaired) electrons. The van der Waals surface area contributed by atoms with Gasteiger partial charge in [-0.05, 0) is 45.8 Å². The van der Waals surface area contributed by atoms with E-state index in [0.29, 0.717) is 6.42 Å². The van der Waals surface area contributed by atoms with E-state index in [9.17, 15) is 4.39 Å². The second-order valence-electron chi connectivity index (χ2n) is 4.55. The van der Waals surface area contributed by atoms with Crippen molar-refractivity contribution in [2.75, 3.05) is 12.4 Å². The molecular formula is C15H13BrFN3. The van der Waals surface area contributed by atoms with E-state index in [1.165, 1.54) is 12.1 Å². The van der Waals surface area contributed by atoms with Gasteiger partial charge in [0.2, 0.25) is 0 Å². The Morgan fingerprint density at radius 1 is 1.20 bits per heavy atom. The average molecular weight is 334 g/mol. The van der Waals surface area contributed by atoms with Gasteiger partial charge in [-0.2, -0.15) is 0 Å². The number of hydrogen-bond donors (Lipinski definition) is 1. The molecule has 0 saturated heterocycles. The molecule has 20 heavy (non-hydrogen) atoms.